The second kappa shape index (κ2) is 6.81. The first-order valence-electron chi connectivity index (χ1n) is 6.64. The van der Waals surface area contributed by atoms with Gasteiger partial charge in [0.25, 0.3) is 0 Å². The Balaban J connectivity index is 2.36. The van der Waals surface area contributed by atoms with Gasteiger partial charge in [-0.15, -0.1) is 0 Å². The highest BCUT2D eigenvalue weighted by Gasteiger charge is 2.23. The van der Waals surface area contributed by atoms with Crippen LogP contribution >= 0.6 is 22.6 Å². The maximum absolute atomic E-state index is 5.69. The maximum atomic E-state index is 5.69. The highest BCUT2D eigenvalue weighted by molar-refractivity contribution is 14.1. The standard InChI is InChI=1S/C13H20IN3O2/c1-4-15-13-10(14)11(8(2)3)16-12(17-13)9-7-18-5-6-19-9/h8-9H,4-7H2,1-3H3,(H,15,16,17). The molecule has 1 atom stereocenters. The summed E-state index contributed by atoms with van der Waals surface area (Å²) in [6, 6.07) is 0. The molecule has 1 fully saturated rings. The average Bonchev–Trinajstić information content (AvgIpc) is 2.42. The molecule has 6 heteroatoms. The van der Waals surface area contributed by atoms with Crippen LogP contribution in [0.1, 0.15) is 44.3 Å². The van der Waals surface area contributed by atoms with Crippen LogP contribution in [0.5, 0.6) is 0 Å². The fourth-order valence-electron chi connectivity index (χ4n) is 1.93. The Morgan fingerprint density at radius 3 is 2.74 bits per heavy atom. The van der Waals surface area contributed by atoms with Crippen LogP contribution in [0.4, 0.5) is 5.82 Å². The predicted molar refractivity (Wildman–Crippen MR) is 82.5 cm³/mol. The molecule has 0 amide bonds. The van der Waals surface area contributed by atoms with E-state index < -0.39 is 0 Å². The van der Waals surface area contributed by atoms with Crippen molar-refractivity contribution in [3.8, 4) is 0 Å². The van der Waals surface area contributed by atoms with E-state index in [-0.39, 0.29) is 6.10 Å². The Morgan fingerprint density at radius 1 is 1.37 bits per heavy atom. The average molecular weight is 377 g/mol. The third-order valence-corrected chi connectivity index (χ3v) is 3.95. The molecule has 1 N–H and O–H groups in total. The van der Waals surface area contributed by atoms with E-state index in [1.807, 2.05) is 0 Å². The predicted octanol–water partition coefficient (Wildman–Crippen LogP) is 2.72. The molecule has 0 radical (unpaired) electrons. The van der Waals surface area contributed by atoms with Gasteiger partial charge < -0.3 is 14.8 Å². The lowest BCUT2D eigenvalue weighted by Crippen LogP contribution is -2.25. The minimum absolute atomic E-state index is 0.152. The number of ether oxygens (including phenoxy) is 2. The van der Waals surface area contributed by atoms with Gasteiger partial charge in [0.15, 0.2) is 5.82 Å². The molecule has 0 aliphatic carbocycles. The Labute approximate surface area is 127 Å². The molecule has 5 nitrogen and oxygen atoms in total. The number of anilines is 1. The van der Waals surface area contributed by atoms with E-state index >= 15 is 0 Å². The van der Waals surface area contributed by atoms with Crippen LogP contribution in [0.3, 0.4) is 0 Å². The summed E-state index contributed by atoms with van der Waals surface area (Å²) in [5, 5.41) is 3.30. The van der Waals surface area contributed by atoms with E-state index in [2.05, 4.69) is 58.6 Å². The highest BCUT2D eigenvalue weighted by Crippen LogP contribution is 2.28. The van der Waals surface area contributed by atoms with Gasteiger partial charge in [-0.3, -0.25) is 0 Å². The molecule has 1 aromatic rings. The topological polar surface area (TPSA) is 56.3 Å². The van der Waals surface area contributed by atoms with Gasteiger partial charge in [0, 0.05) is 6.54 Å². The van der Waals surface area contributed by atoms with Crippen LogP contribution in [0, 0.1) is 3.57 Å². The van der Waals surface area contributed by atoms with Crippen molar-refractivity contribution >= 4 is 28.4 Å². The number of nitrogens with zero attached hydrogens (tertiary/aromatic N) is 2. The Morgan fingerprint density at radius 2 is 2.16 bits per heavy atom. The first-order valence-corrected chi connectivity index (χ1v) is 7.71. The molecule has 2 rings (SSSR count). The van der Waals surface area contributed by atoms with E-state index in [1.54, 1.807) is 0 Å². The summed E-state index contributed by atoms with van der Waals surface area (Å²) in [6.45, 7) is 8.97. The molecular weight excluding hydrogens is 357 g/mol. The lowest BCUT2D eigenvalue weighted by molar-refractivity contribution is -0.0935. The molecule has 0 bridgehead atoms. The summed E-state index contributed by atoms with van der Waals surface area (Å²) >= 11 is 2.31. The van der Waals surface area contributed by atoms with Gasteiger partial charge in [-0.1, -0.05) is 13.8 Å². The SMILES string of the molecule is CCNc1nc(C2COCCO2)nc(C(C)C)c1I. The summed E-state index contributed by atoms with van der Waals surface area (Å²) in [7, 11) is 0. The zero-order chi connectivity index (χ0) is 13.8. The highest BCUT2D eigenvalue weighted by atomic mass is 127. The van der Waals surface area contributed by atoms with Gasteiger partial charge in [0.2, 0.25) is 0 Å². The van der Waals surface area contributed by atoms with Gasteiger partial charge in [0.05, 0.1) is 29.1 Å². The quantitative estimate of drug-likeness (QED) is 0.818. The smallest absolute Gasteiger partial charge is 0.162 e. The van der Waals surface area contributed by atoms with E-state index in [9.17, 15) is 0 Å². The molecule has 0 spiro atoms. The molecule has 0 saturated carbocycles. The lowest BCUT2D eigenvalue weighted by Gasteiger charge is -2.23. The molecule has 1 saturated heterocycles. The second-order valence-electron chi connectivity index (χ2n) is 4.75. The van der Waals surface area contributed by atoms with Crippen molar-refractivity contribution in [3.05, 3.63) is 15.1 Å². The van der Waals surface area contributed by atoms with E-state index in [4.69, 9.17) is 9.47 Å². The monoisotopic (exact) mass is 377 g/mol. The maximum Gasteiger partial charge on any atom is 0.162 e. The summed E-state index contributed by atoms with van der Waals surface area (Å²) in [4.78, 5) is 9.27. The summed E-state index contributed by atoms with van der Waals surface area (Å²) in [6.07, 6.45) is -0.152. The molecule has 1 aromatic heterocycles. The van der Waals surface area contributed by atoms with Crippen molar-refractivity contribution in [2.75, 3.05) is 31.7 Å². The Hall–Kier alpha value is -0.470. The molecule has 19 heavy (non-hydrogen) atoms. The normalized spacial score (nSPS) is 19.7. The van der Waals surface area contributed by atoms with Crippen LogP contribution in [-0.2, 0) is 9.47 Å². The number of hydrogen-bond donors (Lipinski definition) is 1. The molecule has 1 aliphatic heterocycles. The van der Waals surface area contributed by atoms with Crippen molar-refractivity contribution in [2.45, 2.75) is 32.8 Å². The fourth-order valence-corrected chi connectivity index (χ4v) is 2.99. The van der Waals surface area contributed by atoms with Crippen molar-refractivity contribution in [1.29, 1.82) is 0 Å². The number of hydrogen-bond acceptors (Lipinski definition) is 5. The molecule has 1 aliphatic rings. The molecule has 106 valence electrons. The minimum atomic E-state index is -0.152. The van der Waals surface area contributed by atoms with Crippen LogP contribution in [0.15, 0.2) is 0 Å². The van der Waals surface area contributed by atoms with Gasteiger partial charge in [0.1, 0.15) is 11.9 Å². The zero-order valence-corrected chi connectivity index (χ0v) is 13.7. The number of nitrogens with one attached hydrogen (secondary N) is 1. The first kappa shape index (κ1) is 14.9. The molecular formula is C13H20IN3O2. The van der Waals surface area contributed by atoms with Crippen LogP contribution in [0.25, 0.3) is 0 Å². The first-order chi connectivity index (χ1) is 9.13. The van der Waals surface area contributed by atoms with Crippen molar-refractivity contribution in [3.63, 3.8) is 0 Å². The van der Waals surface area contributed by atoms with Gasteiger partial charge >= 0.3 is 0 Å². The third-order valence-electron chi connectivity index (χ3n) is 2.89. The lowest BCUT2D eigenvalue weighted by atomic mass is 10.1. The van der Waals surface area contributed by atoms with Gasteiger partial charge in [-0.25, -0.2) is 9.97 Å². The summed E-state index contributed by atoms with van der Waals surface area (Å²) in [5.41, 5.74) is 1.07. The summed E-state index contributed by atoms with van der Waals surface area (Å²) < 4.78 is 12.2. The Kier molecular flexibility index (Phi) is 5.35. The number of aromatic nitrogens is 2. The van der Waals surface area contributed by atoms with Crippen LogP contribution in [0.2, 0.25) is 0 Å². The minimum Gasteiger partial charge on any atom is -0.376 e. The summed E-state index contributed by atoms with van der Waals surface area (Å²) in [5.74, 6) is 1.97. The Bertz CT molecular complexity index is 434. The van der Waals surface area contributed by atoms with Crippen LogP contribution < -0.4 is 5.32 Å². The van der Waals surface area contributed by atoms with Crippen LogP contribution in [-0.4, -0.2) is 36.3 Å². The number of halogens is 1. The van der Waals surface area contributed by atoms with E-state index in [1.165, 1.54) is 0 Å². The molecule has 0 aromatic carbocycles. The fraction of sp³-hybridized carbons (Fsp3) is 0.692. The second-order valence-corrected chi connectivity index (χ2v) is 5.83. The van der Waals surface area contributed by atoms with Gasteiger partial charge in [-0.2, -0.15) is 0 Å². The molecule has 1 unspecified atom stereocenters. The van der Waals surface area contributed by atoms with Crippen molar-refractivity contribution < 1.29 is 9.47 Å². The van der Waals surface area contributed by atoms with Crippen molar-refractivity contribution in [2.24, 2.45) is 0 Å². The van der Waals surface area contributed by atoms with Gasteiger partial charge in [-0.05, 0) is 35.4 Å². The zero-order valence-electron chi connectivity index (χ0n) is 11.6. The third kappa shape index (κ3) is 3.55. The molecule has 2 heterocycles. The number of rotatable bonds is 4. The van der Waals surface area contributed by atoms with E-state index in [0.29, 0.717) is 25.7 Å². The van der Waals surface area contributed by atoms with Crippen molar-refractivity contribution in [1.82, 2.24) is 9.97 Å². The largest absolute Gasteiger partial charge is 0.376 e. The van der Waals surface area contributed by atoms with E-state index in [0.717, 1.165) is 27.5 Å².